The summed E-state index contributed by atoms with van der Waals surface area (Å²) in [6.45, 7) is 5.89. The summed E-state index contributed by atoms with van der Waals surface area (Å²) in [5, 5.41) is 4.68. The van der Waals surface area contributed by atoms with Crippen molar-refractivity contribution >= 4 is 10.9 Å². The van der Waals surface area contributed by atoms with Gasteiger partial charge in [0.05, 0.1) is 5.52 Å². The molecule has 1 N–H and O–H groups in total. The molecule has 3 nitrogen and oxygen atoms in total. The minimum atomic E-state index is 0.681. The number of nitrogens with zero attached hydrogens (tertiary/aromatic N) is 2. The summed E-state index contributed by atoms with van der Waals surface area (Å²) in [5.74, 6) is 0.731. The zero-order chi connectivity index (χ0) is 14.7. The molecule has 21 heavy (non-hydrogen) atoms. The van der Waals surface area contributed by atoms with E-state index in [0.29, 0.717) is 6.04 Å². The lowest BCUT2D eigenvalue weighted by Crippen LogP contribution is -2.47. The Bertz CT molecular complexity index is 591. The van der Waals surface area contributed by atoms with Gasteiger partial charge in [-0.15, -0.1) is 0 Å². The molecule has 0 bridgehead atoms. The number of hydrogen-bond acceptors (Lipinski definition) is 3. The second-order valence-corrected chi connectivity index (χ2v) is 6.20. The molecule has 0 radical (unpaired) electrons. The first-order valence-corrected chi connectivity index (χ1v) is 8.00. The van der Waals surface area contributed by atoms with E-state index in [0.717, 1.165) is 24.4 Å². The van der Waals surface area contributed by atoms with Gasteiger partial charge in [0, 0.05) is 30.7 Å². The third-order valence-electron chi connectivity index (χ3n) is 4.77. The molecule has 0 spiro atoms. The van der Waals surface area contributed by atoms with E-state index in [1.807, 2.05) is 12.3 Å². The Morgan fingerprint density at radius 3 is 2.95 bits per heavy atom. The van der Waals surface area contributed by atoms with Crippen LogP contribution in [0.2, 0.25) is 0 Å². The molecule has 2 aromatic rings. The number of likely N-dealkylation sites (tertiary alicyclic amines) is 1. The van der Waals surface area contributed by atoms with Gasteiger partial charge in [-0.2, -0.15) is 0 Å². The SMILES string of the molecule is CNC1CCN(CCc2cccc3cccnc23)CC1C. The zero-order valence-electron chi connectivity index (χ0n) is 13.0. The monoisotopic (exact) mass is 283 g/mol. The molecule has 0 saturated carbocycles. The molecule has 0 aliphatic carbocycles. The van der Waals surface area contributed by atoms with Crippen LogP contribution in [0.5, 0.6) is 0 Å². The Balaban J connectivity index is 1.65. The molecule has 112 valence electrons. The van der Waals surface area contributed by atoms with Crippen LogP contribution in [-0.2, 0) is 6.42 Å². The number of piperidine rings is 1. The third-order valence-corrected chi connectivity index (χ3v) is 4.77. The van der Waals surface area contributed by atoms with E-state index in [1.54, 1.807) is 0 Å². The molecular formula is C18H25N3. The summed E-state index contributed by atoms with van der Waals surface area (Å²) >= 11 is 0. The fraction of sp³-hybridized carbons (Fsp3) is 0.500. The smallest absolute Gasteiger partial charge is 0.0734 e. The number of hydrogen-bond donors (Lipinski definition) is 1. The Morgan fingerprint density at radius 1 is 1.29 bits per heavy atom. The fourth-order valence-electron chi connectivity index (χ4n) is 3.51. The van der Waals surface area contributed by atoms with Crippen molar-refractivity contribution in [3.8, 4) is 0 Å². The predicted molar refractivity (Wildman–Crippen MR) is 88.5 cm³/mol. The standard InChI is InChI=1S/C18H25N3/c1-14-13-21(12-9-17(14)19-2)11-8-16-6-3-5-15-7-4-10-20-18(15)16/h3-7,10,14,17,19H,8-9,11-13H2,1-2H3. The lowest BCUT2D eigenvalue weighted by atomic mass is 9.93. The van der Waals surface area contributed by atoms with Gasteiger partial charge in [0.2, 0.25) is 0 Å². The predicted octanol–water partition coefficient (Wildman–Crippen LogP) is 2.71. The lowest BCUT2D eigenvalue weighted by molar-refractivity contribution is 0.153. The number of rotatable bonds is 4. The molecule has 1 aromatic heterocycles. The molecule has 3 rings (SSSR count). The number of aromatic nitrogens is 1. The maximum atomic E-state index is 4.56. The van der Waals surface area contributed by atoms with Crippen LogP contribution in [0.4, 0.5) is 0 Å². The highest BCUT2D eigenvalue weighted by molar-refractivity contribution is 5.81. The van der Waals surface area contributed by atoms with Crippen molar-refractivity contribution in [3.63, 3.8) is 0 Å². The van der Waals surface area contributed by atoms with E-state index in [2.05, 4.69) is 53.4 Å². The molecule has 2 atom stereocenters. The van der Waals surface area contributed by atoms with E-state index in [1.165, 1.54) is 30.5 Å². The van der Waals surface area contributed by atoms with Crippen molar-refractivity contribution in [1.82, 2.24) is 15.2 Å². The van der Waals surface area contributed by atoms with Crippen molar-refractivity contribution in [2.24, 2.45) is 5.92 Å². The number of pyridine rings is 1. The molecular weight excluding hydrogens is 258 g/mol. The van der Waals surface area contributed by atoms with Gasteiger partial charge >= 0.3 is 0 Å². The molecule has 2 unspecified atom stereocenters. The summed E-state index contributed by atoms with van der Waals surface area (Å²) in [6.07, 6.45) is 4.24. The van der Waals surface area contributed by atoms with Crippen molar-refractivity contribution in [2.45, 2.75) is 25.8 Å². The highest BCUT2D eigenvalue weighted by atomic mass is 15.1. The molecule has 1 saturated heterocycles. The van der Waals surface area contributed by atoms with Gasteiger partial charge in [0.1, 0.15) is 0 Å². The van der Waals surface area contributed by atoms with Gasteiger partial charge in [-0.25, -0.2) is 0 Å². The van der Waals surface area contributed by atoms with E-state index in [4.69, 9.17) is 0 Å². The summed E-state index contributed by atoms with van der Waals surface area (Å²) < 4.78 is 0. The van der Waals surface area contributed by atoms with E-state index >= 15 is 0 Å². The first-order valence-electron chi connectivity index (χ1n) is 8.00. The van der Waals surface area contributed by atoms with Gasteiger partial charge in [-0.05, 0) is 44.0 Å². The molecule has 1 aromatic carbocycles. The Labute approximate surface area is 127 Å². The molecule has 1 aliphatic rings. The van der Waals surface area contributed by atoms with Gasteiger partial charge in [-0.1, -0.05) is 31.2 Å². The van der Waals surface area contributed by atoms with Crippen molar-refractivity contribution < 1.29 is 0 Å². The van der Waals surface area contributed by atoms with Crippen LogP contribution < -0.4 is 5.32 Å². The second-order valence-electron chi connectivity index (χ2n) is 6.20. The Morgan fingerprint density at radius 2 is 2.14 bits per heavy atom. The van der Waals surface area contributed by atoms with Crippen LogP contribution >= 0.6 is 0 Å². The summed E-state index contributed by atoms with van der Waals surface area (Å²) in [5.41, 5.74) is 2.54. The van der Waals surface area contributed by atoms with Crippen LogP contribution in [0.15, 0.2) is 36.5 Å². The highest BCUT2D eigenvalue weighted by Gasteiger charge is 2.24. The summed E-state index contributed by atoms with van der Waals surface area (Å²) in [4.78, 5) is 7.15. The van der Waals surface area contributed by atoms with Crippen LogP contribution in [0, 0.1) is 5.92 Å². The topological polar surface area (TPSA) is 28.2 Å². The van der Waals surface area contributed by atoms with Gasteiger partial charge in [0.15, 0.2) is 0 Å². The van der Waals surface area contributed by atoms with Gasteiger partial charge in [-0.3, -0.25) is 4.98 Å². The van der Waals surface area contributed by atoms with Gasteiger partial charge in [0.25, 0.3) is 0 Å². The minimum Gasteiger partial charge on any atom is -0.317 e. The van der Waals surface area contributed by atoms with Gasteiger partial charge < -0.3 is 10.2 Å². The Hall–Kier alpha value is -1.45. The largest absolute Gasteiger partial charge is 0.317 e. The lowest BCUT2D eigenvalue weighted by Gasteiger charge is -2.36. The molecule has 2 heterocycles. The quantitative estimate of drug-likeness (QED) is 0.935. The normalized spacial score (nSPS) is 23.5. The highest BCUT2D eigenvalue weighted by Crippen LogP contribution is 2.19. The third kappa shape index (κ3) is 3.25. The average molecular weight is 283 g/mol. The average Bonchev–Trinajstić information content (AvgIpc) is 2.53. The van der Waals surface area contributed by atoms with E-state index < -0.39 is 0 Å². The maximum Gasteiger partial charge on any atom is 0.0734 e. The molecule has 3 heteroatoms. The van der Waals surface area contributed by atoms with Crippen LogP contribution in [0.25, 0.3) is 10.9 Å². The summed E-state index contributed by atoms with van der Waals surface area (Å²) in [6, 6.07) is 11.4. The van der Waals surface area contributed by atoms with Crippen molar-refractivity contribution in [1.29, 1.82) is 0 Å². The number of benzene rings is 1. The molecule has 1 aliphatic heterocycles. The van der Waals surface area contributed by atoms with Crippen LogP contribution in [0.3, 0.4) is 0 Å². The Kier molecular flexibility index (Phi) is 4.51. The van der Waals surface area contributed by atoms with Crippen molar-refractivity contribution in [2.75, 3.05) is 26.7 Å². The maximum absolute atomic E-state index is 4.56. The van der Waals surface area contributed by atoms with E-state index in [9.17, 15) is 0 Å². The number of fused-ring (bicyclic) bond motifs is 1. The van der Waals surface area contributed by atoms with E-state index in [-0.39, 0.29) is 0 Å². The molecule has 0 amide bonds. The minimum absolute atomic E-state index is 0.681. The second kappa shape index (κ2) is 6.54. The first-order chi connectivity index (χ1) is 10.3. The first kappa shape index (κ1) is 14.5. The fourth-order valence-corrected chi connectivity index (χ4v) is 3.51. The number of para-hydroxylation sites is 1. The zero-order valence-corrected chi connectivity index (χ0v) is 13.0. The van der Waals surface area contributed by atoms with Crippen molar-refractivity contribution in [3.05, 3.63) is 42.1 Å². The summed E-state index contributed by atoms with van der Waals surface area (Å²) in [7, 11) is 2.08. The van der Waals surface area contributed by atoms with Crippen LogP contribution in [0.1, 0.15) is 18.9 Å². The van der Waals surface area contributed by atoms with Crippen LogP contribution in [-0.4, -0.2) is 42.6 Å². The number of nitrogens with one attached hydrogen (secondary N) is 1. The molecule has 1 fully saturated rings.